The van der Waals surface area contributed by atoms with Gasteiger partial charge in [-0.15, -0.1) is 0 Å². The molecule has 3 aromatic carbocycles. The quantitative estimate of drug-likeness (QED) is 0.477. The zero-order valence-corrected chi connectivity index (χ0v) is 14.0. The van der Waals surface area contributed by atoms with Gasteiger partial charge in [-0.2, -0.15) is 5.10 Å². The summed E-state index contributed by atoms with van der Waals surface area (Å²) in [5.41, 5.74) is 2.73. The molecule has 4 aromatic rings. The number of nitrogens with zero attached hydrogens (tertiary/aromatic N) is 1. The summed E-state index contributed by atoms with van der Waals surface area (Å²) in [6, 6.07) is 19.8. The average molecular weight is 383 g/mol. The van der Waals surface area contributed by atoms with Crippen molar-refractivity contribution in [1.29, 1.82) is 0 Å². The summed E-state index contributed by atoms with van der Waals surface area (Å²) in [5, 5.41) is 8.38. The molecule has 5 heteroatoms. The average Bonchev–Trinajstić information content (AvgIpc) is 3.01. The molecule has 4 rings (SSSR count). The number of hydrogen-bond acceptors (Lipinski definition) is 2. The Morgan fingerprint density at radius 1 is 0.958 bits per heavy atom. The molecule has 24 heavy (non-hydrogen) atoms. The lowest BCUT2D eigenvalue weighted by molar-refractivity contribution is 0.443. The van der Waals surface area contributed by atoms with E-state index in [2.05, 4.69) is 26.1 Å². The predicted molar refractivity (Wildman–Crippen MR) is 95.7 cm³/mol. The first kappa shape index (κ1) is 14.9. The SMILES string of the molecule is Fc1ccccc1Oc1ccc2c(-c3ccc(Br)cc3)n[nH]c2c1. The molecule has 0 unspecified atom stereocenters. The van der Waals surface area contributed by atoms with Crippen LogP contribution in [-0.2, 0) is 0 Å². The molecule has 0 aliphatic carbocycles. The van der Waals surface area contributed by atoms with Gasteiger partial charge in [0, 0.05) is 21.5 Å². The molecule has 0 radical (unpaired) electrons. The van der Waals surface area contributed by atoms with Gasteiger partial charge >= 0.3 is 0 Å². The van der Waals surface area contributed by atoms with E-state index in [-0.39, 0.29) is 5.75 Å². The van der Waals surface area contributed by atoms with E-state index in [1.807, 2.05) is 42.5 Å². The minimum atomic E-state index is -0.391. The fraction of sp³-hybridized carbons (Fsp3) is 0. The monoisotopic (exact) mass is 382 g/mol. The summed E-state index contributed by atoms with van der Waals surface area (Å²) in [6.07, 6.45) is 0. The lowest BCUT2D eigenvalue weighted by Crippen LogP contribution is -1.87. The molecular formula is C19H12BrFN2O. The van der Waals surface area contributed by atoms with Crippen LogP contribution in [-0.4, -0.2) is 10.2 Å². The van der Waals surface area contributed by atoms with Gasteiger partial charge in [0.25, 0.3) is 0 Å². The summed E-state index contributed by atoms with van der Waals surface area (Å²) < 4.78 is 20.3. The lowest BCUT2D eigenvalue weighted by atomic mass is 10.1. The van der Waals surface area contributed by atoms with Gasteiger partial charge in [0.1, 0.15) is 5.75 Å². The zero-order valence-electron chi connectivity index (χ0n) is 12.5. The maximum absolute atomic E-state index is 13.7. The van der Waals surface area contributed by atoms with Gasteiger partial charge in [-0.05, 0) is 36.4 Å². The topological polar surface area (TPSA) is 37.9 Å². The Hall–Kier alpha value is -2.66. The van der Waals surface area contributed by atoms with Crippen molar-refractivity contribution in [2.75, 3.05) is 0 Å². The van der Waals surface area contributed by atoms with E-state index < -0.39 is 5.82 Å². The van der Waals surface area contributed by atoms with Gasteiger partial charge < -0.3 is 4.74 Å². The molecule has 118 valence electrons. The standard InChI is InChI=1S/C19H12BrFN2O/c20-13-7-5-12(6-8-13)19-15-10-9-14(11-17(15)22-23-19)24-18-4-2-1-3-16(18)21/h1-11H,(H,22,23). The molecule has 1 aromatic heterocycles. The molecule has 0 bridgehead atoms. The number of aromatic amines is 1. The van der Waals surface area contributed by atoms with Gasteiger partial charge in [0.05, 0.1) is 11.2 Å². The van der Waals surface area contributed by atoms with Crippen molar-refractivity contribution in [3.8, 4) is 22.8 Å². The second-order valence-electron chi connectivity index (χ2n) is 5.32. The summed E-state index contributed by atoms with van der Waals surface area (Å²) in [7, 11) is 0. The van der Waals surface area contributed by atoms with E-state index >= 15 is 0 Å². The van der Waals surface area contributed by atoms with Crippen molar-refractivity contribution in [3.63, 3.8) is 0 Å². The Kier molecular flexibility index (Phi) is 3.78. The number of hydrogen-bond donors (Lipinski definition) is 1. The van der Waals surface area contributed by atoms with Crippen molar-refractivity contribution in [1.82, 2.24) is 10.2 Å². The highest BCUT2D eigenvalue weighted by atomic mass is 79.9. The minimum Gasteiger partial charge on any atom is -0.454 e. The first-order chi connectivity index (χ1) is 11.7. The number of para-hydroxylation sites is 1. The number of nitrogens with one attached hydrogen (secondary N) is 1. The second-order valence-corrected chi connectivity index (χ2v) is 6.23. The maximum atomic E-state index is 13.7. The maximum Gasteiger partial charge on any atom is 0.165 e. The largest absolute Gasteiger partial charge is 0.454 e. The van der Waals surface area contributed by atoms with E-state index in [0.29, 0.717) is 5.75 Å². The van der Waals surface area contributed by atoms with Crippen LogP contribution >= 0.6 is 15.9 Å². The Labute approximate surface area is 146 Å². The number of halogens is 2. The fourth-order valence-electron chi connectivity index (χ4n) is 2.54. The van der Waals surface area contributed by atoms with Gasteiger partial charge in [0.2, 0.25) is 0 Å². The summed E-state index contributed by atoms with van der Waals surface area (Å²) >= 11 is 3.43. The van der Waals surface area contributed by atoms with Crippen LogP contribution < -0.4 is 4.74 Å². The van der Waals surface area contributed by atoms with Gasteiger partial charge in [-0.25, -0.2) is 4.39 Å². The molecule has 0 amide bonds. The first-order valence-electron chi connectivity index (χ1n) is 7.37. The molecule has 0 aliphatic heterocycles. The van der Waals surface area contributed by atoms with E-state index in [1.165, 1.54) is 6.07 Å². The number of aromatic nitrogens is 2. The molecule has 0 aliphatic rings. The van der Waals surface area contributed by atoms with Crippen LogP contribution in [0.3, 0.4) is 0 Å². The van der Waals surface area contributed by atoms with E-state index in [4.69, 9.17) is 4.74 Å². The van der Waals surface area contributed by atoms with Gasteiger partial charge in [-0.3, -0.25) is 5.10 Å². The summed E-state index contributed by atoms with van der Waals surface area (Å²) in [5.74, 6) is 0.362. The van der Waals surface area contributed by atoms with Crippen molar-refractivity contribution in [3.05, 3.63) is 77.0 Å². The van der Waals surface area contributed by atoms with Crippen molar-refractivity contribution in [2.45, 2.75) is 0 Å². The highest BCUT2D eigenvalue weighted by Gasteiger charge is 2.10. The minimum absolute atomic E-state index is 0.199. The normalized spacial score (nSPS) is 10.9. The molecule has 0 saturated carbocycles. The predicted octanol–water partition coefficient (Wildman–Crippen LogP) is 5.92. The van der Waals surface area contributed by atoms with Crippen LogP contribution in [0.2, 0.25) is 0 Å². The van der Waals surface area contributed by atoms with Crippen LogP contribution in [0.5, 0.6) is 11.5 Å². The molecule has 0 atom stereocenters. The smallest absolute Gasteiger partial charge is 0.165 e. The number of rotatable bonds is 3. The van der Waals surface area contributed by atoms with Crippen molar-refractivity contribution >= 4 is 26.8 Å². The van der Waals surface area contributed by atoms with Crippen molar-refractivity contribution in [2.24, 2.45) is 0 Å². The Morgan fingerprint density at radius 3 is 2.54 bits per heavy atom. The highest BCUT2D eigenvalue weighted by Crippen LogP contribution is 2.31. The number of H-pyrrole nitrogens is 1. The van der Waals surface area contributed by atoms with Crippen LogP contribution in [0.1, 0.15) is 0 Å². The molecule has 1 heterocycles. The molecule has 3 nitrogen and oxygen atoms in total. The number of benzene rings is 3. The van der Waals surface area contributed by atoms with Crippen molar-refractivity contribution < 1.29 is 9.13 Å². The molecular weight excluding hydrogens is 371 g/mol. The third-order valence-electron chi connectivity index (χ3n) is 3.72. The van der Waals surface area contributed by atoms with Gasteiger partial charge in [0.15, 0.2) is 11.6 Å². The molecule has 1 N–H and O–H groups in total. The van der Waals surface area contributed by atoms with E-state index in [1.54, 1.807) is 18.2 Å². The van der Waals surface area contributed by atoms with E-state index in [0.717, 1.165) is 26.6 Å². The second kappa shape index (κ2) is 6.09. The number of fused-ring (bicyclic) bond motifs is 1. The molecule has 0 fully saturated rings. The number of ether oxygens (including phenoxy) is 1. The fourth-order valence-corrected chi connectivity index (χ4v) is 2.81. The molecule has 0 spiro atoms. The van der Waals surface area contributed by atoms with Crippen LogP contribution in [0.15, 0.2) is 71.2 Å². The van der Waals surface area contributed by atoms with Crippen LogP contribution in [0, 0.1) is 5.82 Å². The Bertz CT molecular complexity index is 1010. The van der Waals surface area contributed by atoms with Crippen LogP contribution in [0.4, 0.5) is 4.39 Å². The van der Waals surface area contributed by atoms with Gasteiger partial charge in [-0.1, -0.05) is 40.2 Å². The Balaban J connectivity index is 1.70. The van der Waals surface area contributed by atoms with Crippen LogP contribution in [0.25, 0.3) is 22.2 Å². The third-order valence-corrected chi connectivity index (χ3v) is 4.25. The highest BCUT2D eigenvalue weighted by molar-refractivity contribution is 9.10. The first-order valence-corrected chi connectivity index (χ1v) is 8.16. The third kappa shape index (κ3) is 2.78. The lowest BCUT2D eigenvalue weighted by Gasteiger charge is -2.06. The summed E-state index contributed by atoms with van der Waals surface area (Å²) in [6.45, 7) is 0. The Morgan fingerprint density at radius 2 is 1.75 bits per heavy atom. The molecule has 0 saturated heterocycles. The zero-order chi connectivity index (χ0) is 16.5. The van der Waals surface area contributed by atoms with E-state index in [9.17, 15) is 4.39 Å². The summed E-state index contributed by atoms with van der Waals surface area (Å²) in [4.78, 5) is 0.